The van der Waals surface area contributed by atoms with E-state index in [0.717, 1.165) is 19.3 Å². The van der Waals surface area contributed by atoms with Gasteiger partial charge in [-0.15, -0.1) is 0 Å². The zero-order valence-electron chi connectivity index (χ0n) is 15.0. The molecule has 134 valence electrons. The number of hydrogen-bond acceptors (Lipinski definition) is 4. The summed E-state index contributed by atoms with van der Waals surface area (Å²) in [4.78, 5) is 36.3. The molecule has 3 fully saturated rings. The Morgan fingerprint density at radius 3 is 2.76 bits per heavy atom. The van der Waals surface area contributed by atoms with Crippen LogP contribution in [0.1, 0.15) is 40.0 Å². The molecule has 3 aliphatic carbocycles. The van der Waals surface area contributed by atoms with Crippen molar-refractivity contribution in [2.45, 2.75) is 45.3 Å². The highest BCUT2D eigenvalue weighted by Gasteiger charge is 2.61. The molecule has 0 unspecified atom stereocenters. The number of carbonyl (C=O) groups is 3. The predicted molar refractivity (Wildman–Crippen MR) is 97.8 cm³/mol. The van der Waals surface area contributed by atoms with Crippen LogP contribution in [0.15, 0.2) is 23.8 Å². The average molecular weight is 359 g/mol. The van der Waals surface area contributed by atoms with Crippen molar-refractivity contribution >= 4 is 28.6 Å². The number of thioether (sulfide) groups is 1. The molecule has 1 amide bonds. The van der Waals surface area contributed by atoms with Gasteiger partial charge in [0, 0.05) is 24.1 Å². The number of amides is 1. The molecule has 0 spiro atoms. The van der Waals surface area contributed by atoms with Crippen molar-refractivity contribution in [2.75, 3.05) is 6.54 Å². The van der Waals surface area contributed by atoms with Gasteiger partial charge in [-0.3, -0.25) is 14.4 Å². The number of allylic oxidation sites excluding steroid dienone is 4. The molecule has 1 heterocycles. The lowest BCUT2D eigenvalue weighted by atomic mass is 9.48. The molecule has 1 saturated heterocycles. The summed E-state index contributed by atoms with van der Waals surface area (Å²) in [5.41, 5.74) is 0.725. The van der Waals surface area contributed by atoms with Crippen LogP contribution < -0.4 is 5.32 Å². The first kappa shape index (κ1) is 17.1. The Morgan fingerprint density at radius 1 is 1.28 bits per heavy atom. The van der Waals surface area contributed by atoms with Gasteiger partial charge in [0.05, 0.1) is 5.41 Å². The second-order valence-electron chi connectivity index (χ2n) is 8.50. The van der Waals surface area contributed by atoms with Crippen molar-refractivity contribution in [1.29, 1.82) is 0 Å². The first-order chi connectivity index (χ1) is 11.8. The molecule has 0 radical (unpaired) electrons. The SMILES string of the molecule is CC(=O)S[C@@H]1CC2=CC(=O)C=C[C@]2(C)[C@H]2CC[C@]3(C)C(=O)NC[C@H]3[C@H]12. The summed E-state index contributed by atoms with van der Waals surface area (Å²) < 4.78 is 0. The third-order valence-electron chi connectivity index (χ3n) is 7.26. The van der Waals surface area contributed by atoms with Gasteiger partial charge in [0.1, 0.15) is 0 Å². The van der Waals surface area contributed by atoms with Gasteiger partial charge in [0.25, 0.3) is 0 Å². The van der Waals surface area contributed by atoms with Gasteiger partial charge in [-0.25, -0.2) is 0 Å². The molecule has 25 heavy (non-hydrogen) atoms. The van der Waals surface area contributed by atoms with E-state index in [0.29, 0.717) is 18.4 Å². The fourth-order valence-electron chi connectivity index (χ4n) is 5.87. The van der Waals surface area contributed by atoms with E-state index in [1.807, 2.05) is 0 Å². The first-order valence-corrected chi connectivity index (χ1v) is 10.0. The Labute approximate surface area is 152 Å². The number of ketones is 1. The molecular weight excluding hydrogens is 334 g/mol. The molecule has 6 atom stereocenters. The van der Waals surface area contributed by atoms with Crippen LogP contribution in [0.4, 0.5) is 0 Å². The van der Waals surface area contributed by atoms with Crippen LogP contribution in [0.2, 0.25) is 0 Å². The highest BCUT2D eigenvalue weighted by atomic mass is 32.2. The van der Waals surface area contributed by atoms with Crippen LogP contribution in [-0.2, 0) is 14.4 Å². The molecule has 4 nitrogen and oxygen atoms in total. The number of fused-ring (bicyclic) bond motifs is 5. The highest BCUT2D eigenvalue weighted by molar-refractivity contribution is 8.14. The quantitative estimate of drug-likeness (QED) is 0.782. The summed E-state index contributed by atoms with van der Waals surface area (Å²) >= 11 is 1.41. The standard InChI is InChI=1S/C20H25NO3S/c1-11(22)25-16-9-12-8-13(23)4-6-19(12,2)14-5-7-20(3)15(17(14)16)10-21-18(20)24/h4,6,8,14-17H,5,7,9-10H2,1-3H3,(H,21,24)/t14-,15-,16+,17+,19-,20-/m0/s1. The summed E-state index contributed by atoms with van der Waals surface area (Å²) in [7, 11) is 0. The molecule has 0 aromatic carbocycles. The van der Waals surface area contributed by atoms with Gasteiger partial charge in [-0.1, -0.05) is 37.3 Å². The fraction of sp³-hybridized carbons (Fsp3) is 0.650. The Bertz CT molecular complexity index is 726. The van der Waals surface area contributed by atoms with Gasteiger partial charge in [-0.05, 0) is 49.2 Å². The highest BCUT2D eigenvalue weighted by Crippen LogP contribution is 2.63. The third-order valence-corrected chi connectivity index (χ3v) is 8.38. The van der Waals surface area contributed by atoms with Crippen molar-refractivity contribution in [1.82, 2.24) is 5.32 Å². The van der Waals surface area contributed by atoms with Gasteiger partial charge in [0.2, 0.25) is 5.91 Å². The minimum absolute atomic E-state index is 0.0517. The summed E-state index contributed by atoms with van der Waals surface area (Å²) in [6, 6.07) is 0. The van der Waals surface area contributed by atoms with Crippen LogP contribution in [0.5, 0.6) is 0 Å². The number of hydrogen-bond donors (Lipinski definition) is 1. The van der Waals surface area contributed by atoms with E-state index < -0.39 is 0 Å². The molecule has 4 rings (SSSR count). The van der Waals surface area contributed by atoms with Crippen LogP contribution in [0, 0.1) is 28.6 Å². The topological polar surface area (TPSA) is 63.2 Å². The van der Waals surface area contributed by atoms with Crippen molar-refractivity contribution < 1.29 is 14.4 Å². The molecule has 4 aliphatic rings. The van der Waals surface area contributed by atoms with Crippen LogP contribution in [0.3, 0.4) is 0 Å². The second kappa shape index (κ2) is 5.57. The minimum Gasteiger partial charge on any atom is -0.355 e. The van der Waals surface area contributed by atoms with Gasteiger partial charge in [-0.2, -0.15) is 0 Å². The first-order valence-electron chi connectivity index (χ1n) is 9.15. The lowest BCUT2D eigenvalue weighted by molar-refractivity contribution is -0.132. The third kappa shape index (κ3) is 2.38. The maximum atomic E-state index is 12.5. The van der Waals surface area contributed by atoms with Gasteiger partial charge >= 0.3 is 0 Å². The zero-order valence-corrected chi connectivity index (χ0v) is 15.8. The van der Waals surface area contributed by atoms with Crippen molar-refractivity contribution in [2.24, 2.45) is 28.6 Å². The van der Waals surface area contributed by atoms with Gasteiger partial charge < -0.3 is 5.32 Å². The number of nitrogens with one attached hydrogen (secondary N) is 1. The lowest BCUT2D eigenvalue weighted by Gasteiger charge is -2.57. The second-order valence-corrected chi connectivity index (χ2v) is 9.91. The number of rotatable bonds is 1. The molecular formula is C20H25NO3S. The molecule has 0 aromatic heterocycles. The molecule has 0 bridgehead atoms. The predicted octanol–water partition coefficient (Wildman–Crippen LogP) is 2.89. The summed E-state index contributed by atoms with van der Waals surface area (Å²) in [6.07, 6.45) is 8.18. The normalized spacial score (nSPS) is 45.2. The lowest BCUT2D eigenvalue weighted by Crippen LogP contribution is -2.54. The van der Waals surface area contributed by atoms with Crippen LogP contribution >= 0.6 is 11.8 Å². The van der Waals surface area contributed by atoms with Crippen LogP contribution in [0.25, 0.3) is 0 Å². The molecule has 0 aromatic rings. The van der Waals surface area contributed by atoms with Crippen LogP contribution in [-0.4, -0.2) is 28.6 Å². The Balaban J connectivity index is 1.78. The van der Waals surface area contributed by atoms with E-state index in [1.54, 1.807) is 19.1 Å². The molecule has 1 aliphatic heterocycles. The minimum atomic E-state index is -0.317. The van der Waals surface area contributed by atoms with E-state index >= 15 is 0 Å². The van der Waals surface area contributed by atoms with Gasteiger partial charge in [0.15, 0.2) is 10.9 Å². The fourth-order valence-corrected chi connectivity index (χ4v) is 7.09. The maximum Gasteiger partial charge on any atom is 0.226 e. The van der Waals surface area contributed by atoms with Crippen molar-refractivity contribution in [3.8, 4) is 0 Å². The molecule has 5 heteroatoms. The largest absolute Gasteiger partial charge is 0.355 e. The maximum absolute atomic E-state index is 12.5. The molecule has 2 saturated carbocycles. The summed E-state index contributed by atoms with van der Waals surface area (Å²) in [5, 5.41) is 3.35. The van der Waals surface area contributed by atoms with E-state index in [4.69, 9.17) is 0 Å². The summed E-state index contributed by atoms with van der Waals surface area (Å²) in [5.74, 6) is 1.17. The van der Waals surface area contributed by atoms with Crippen molar-refractivity contribution in [3.63, 3.8) is 0 Å². The van der Waals surface area contributed by atoms with Crippen molar-refractivity contribution in [3.05, 3.63) is 23.8 Å². The Morgan fingerprint density at radius 2 is 2.04 bits per heavy atom. The zero-order chi connectivity index (χ0) is 18.0. The average Bonchev–Trinajstić information content (AvgIpc) is 2.84. The van der Waals surface area contributed by atoms with E-state index in [-0.39, 0.29) is 38.8 Å². The summed E-state index contributed by atoms with van der Waals surface area (Å²) in [6.45, 7) is 6.66. The number of carbonyl (C=O) groups excluding carboxylic acids is 3. The van der Waals surface area contributed by atoms with E-state index in [9.17, 15) is 14.4 Å². The monoisotopic (exact) mass is 359 g/mol. The Hall–Kier alpha value is -1.36. The smallest absolute Gasteiger partial charge is 0.226 e. The van der Waals surface area contributed by atoms with E-state index in [2.05, 4.69) is 25.2 Å². The molecule has 1 N–H and O–H groups in total. The van der Waals surface area contributed by atoms with E-state index in [1.165, 1.54) is 17.3 Å². The Kier molecular flexibility index (Phi) is 3.80.